The van der Waals surface area contributed by atoms with Crippen molar-refractivity contribution >= 4 is 11.4 Å². The number of anilines is 2. The predicted molar refractivity (Wildman–Crippen MR) is 164 cm³/mol. The predicted octanol–water partition coefficient (Wildman–Crippen LogP) is 11.2. The van der Waals surface area contributed by atoms with Gasteiger partial charge in [0.2, 0.25) is 0 Å². The summed E-state index contributed by atoms with van der Waals surface area (Å²) < 4.78 is 0. The number of hydrogen-bond donors (Lipinski definition) is 0. The van der Waals surface area contributed by atoms with Crippen LogP contribution >= 0.6 is 0 Å². The molecule has 0 aromatic heterocycles. The minimum absolute atomic E-state index is 0.111. The minimum Gasteiger partial charge on any atom is -0.315 e. The molecule has 0 saturated carbocycles. The Balaban J connectivity index is 0.00000118. The van der Waals surface area contributed by atoms with Crippen molar-refractivity contribution in [3.63, 3.8) is 0 Å². The largest absolute Gasteiger partial charge is 0.315 e. The van der Waals surface area contributed by atoms with Gasteiger partial charge in [-0.2, -0.15) is 0 Å². The Labute approximate surface area is 223 Å². The quantitative estimate of drug-likeness (QED) is 0.226. The molecular weight excluding hydrogens is 434 g/mol. The van der Waals surface area contributed by atoms with Gasteiger partial charge >= 0.3 is 0 Å². The van der Waals surface area contributed by atoms with Gasteiger partial charge in [0.25, 0.3) is 0 Å². The lowest BCUT2D eigenvalue weighted by Crippen LogP contribution is -2.17. The van der Waals surface area contributed by atoms with E-state index < -0.39 is 0 Å². The molecule has 0 bridgehead atoms. The van der Waals surface area contributed by atoms with E-state index in [1.165, 1.54) is 40.2 Å². The molecule has 0 radical (unpaired) electrons. The number of unbranched alkanes of at least 4 members (excludes halogenated alkanes) is 1. The van der Waals surface area contributed by atoms with Gasteiger partial charge in [-0.15, -0.1) is 6.58 Å². The maximum atomic E-state index is 4.06. The summed E-state index contributed by atoms with van der Waals surface area (Å²) in [6.07, 6.45) is 12.9. The van der Waals surface area contributed by atoms with Crippen molar-refractivity contribution in [3.05, 3.63) is 108 Å². The second-order valence-corrected chi connectivity index (χ2v) is 10.9. The van der Waals surface area contributed by atoms with Crippen LogP contribution in [0.3, 0.4) is 0 Å². The Bertz CT molecular complexity index is 1010. The van der Waals surface area contributed by atoms with E-state index in [-0.39, 0.29) is 10.8 Å². The Kier molecular flexibility index (Phi) is 12.7. The van der Waals surface area contributed by atoms with Crippen molar-refractivity contribution < 1.29 is 0 Å². The molecule has 2 rings (SSSR count). The van der Waals surface area contributed by atoms with Crippen LogP contribution in [0.4, 0.5) is 11.4 Å². The molecule has 0 aliphatic rings. The summed E-state index contributed by atoms with van der Waals surface area (Å²) in [5, 5.41) is 0. The highest BCUT2D eigenvalue weighted by Crippen LogP contribution is 2.35. The maximum absolute atomic E-state index is 4.06. The van der Waals surface area contributed by atoms with E-state index in [9.17, 15) is 0 Å². The standard InChI is InChI=1S/C30H41N.C5H10/c1-10-25(29(6,7)11-2)17-16-24(5)31(28-15-13-14-23(4)22-28)27-20-18-26(19-21-27)30(8,9)12-3;1-3-5-4-2/h10,13-22H,1,11-12H2,2-9H3;3H,1,4-5H2,2H3/b24-16+,25-17+;. The SMILES string of the molecule is C=C/C(=C\C=C(/C)N(c1ccc(C(C)(C)CC)cc1)c1cccc(C)c1)C(C)(C)CC.C=CCCC. The Morgan fingerprint density at radius 3 is 1.94 bits per heavy atom. The first-order valence-electron chi connectivity index (χ1n) is 13.6. The lowest BCUT2D eigenvalue weighted by molar-refractivity contribution is 0.440. The lowest BCUT2D eigenvalue weighted by atomic mass is 9.81. The molecule has 0 heterocycles. The average Bonchev–Trinajstić information content (AvgIpc) is 2.85. The third-order valence-electron chi connectivity index (χ3n) is 7.29. The van der Waals surface area contributed by atoms with E-state index in [0.717, 1.165) is 19.3 Å². The van der Waals surface area contributed by atoms with Gasteiger partial charge in [0.15, 0.2) is 0 Å². The molecule has 1 heteroatoms. The fourth-order valence-corrected chi connectivity index (χ4v) is 3.85. The molecule has 0 saturated heterocycles. The normalized spacial score (nSPS) is 12.5. The summed E-state index contributed by atoms with van der Waals surface area (Å²) in [7, 11) is 0. The zero-order valence-electron chi connectivity index (χ0n) is 24.6. The van der Waals surface area contributed by atoms with E-state index in [4.69, 9.17) is 0 Å². The summed E-state index contributed by atoms with van der Waals surface area (Å²) in [6.45, 7) is 27.7. The molecule has 2 aromatic rings. The zero-order valence-corrected chi connectivity index (χ0v) is 24.6. The van der Waals surface area contributed by atoms with Crippen LogP contribution in [0.1, 0.15) is 92.2 Å². The maximum Gasteiger partial charge on any atom is 0.0460 e. The Morgan fingerprint density at radius 1 is 0.861 bits per heavy atom. The third kappa shape index (κ3) is 9.01. The summed E-state index contributed by atoms with van der Waals surface area (Å²) in [6, 6.07) is 17.8. The second-order valence-electron chi connectivity index (χ2n) is 10.9. The Morgan fingerprint density at radius 2 is 1.50 bits per heavy atom. The lowest BCUT2D eigenvalue weighted by Gasteiger charge is -2.29. The number of aryl methyl sites for hydroxylation is 1. The third-order valence-corrected chi connectivity index (χ3v) is 7.29. The van der Waals surface area contributed by atoms with Crippen LogP contribution in [0.15, 0.2) is 97.3 Å². The number of benzene rings is 2. The van der Waals surface area contributed by atoms with E-state index in [0.29, 0.717) is 0 Å². The summed E-state index contributed by atoms with van der Waals surface area (Å²) in [5.41, 5.74) is 7.73. The molecule has 0 aliphatic heterocycles. The molecule has 0 amide bonds. The fraction of sp³-hybridized carbons (Fsp3) is 0.429. The van der Waals surface area contributed by atoms with Crippen molar-refractivity contribution in [1.29, 1.82) is 0 Å². The highest BCUT2D eigenvalue weighted by Gasteiger charge is 2.20. The van der Waals surface area contributed by atoms with Crippen LogP contribution in [0.25, 0.3) is 0 Å². The van der Waals surface area contributed by atoms with Gasteiger partial charge in [-0.25, -0.2) is 0 Å². The topological polar surface area (TPSA) is 3.24 Å². The molecule has 0 spiro atoms. The molecule has 0 fully saturated rings. The summed E-state index contributed by atoms with van der Waals surface area (Å²) in [5.74, 6) is 0. The van der Waals surface area contributed by atoms with Crippen molar-refractivity contribution in [2.24, 2.45) is 5.41 Å². The second kappa shape index (κ2) is 14.7. The minimum atomic E-state index is 0.111. The summed E-state index contributed by atoms with van der Waals surface area (Å²) in [4.78, 5) is 2.34. The number of nitrogens with zero attached hydrogens (tertiary/aromatic N) is 1. The van der Waals surface area contributed by atoms with Gasteiger partial charge in [-0.3, -0.25) is 0 Å². The van der Waals surface area contributed by atoms with Gasteiger partial charge in [-0.1, -0.05) is 104 Å². The Hall–Kier alpha value is -2.80. The van der Waals surface area contributed by atoms with Gasteiger partial charge < -0.3 is 4.90 Å². The molecule has 0 aliphatic carbocycles. The highest BCUT2D eigenvalue weighted by molar-refractivity contribution is 5.69. The highest BCUT2D eigenvalue weighted by atomic mass is 15.1. The number of hydrogen-bond acceptors (Lipinski definition) is 1. The molecular formula is C35H51N. The van der Waals surface area contributed by atoms with E-state index >= 15 is 0 Å². The van der Waals surface area contributed by atoms with Gasteiger partial charge in [0, 0.05) is 17.1 Å². The van der Waals surface area contributed by atoms with E-state index in [2.05, 4.69) is 141 Å². The van der Waals surface area contributed by atoms with Crippen LogP contribution in [0.2, 0.25) is 0 Å². The molecule has 0 unspecified atom stereocenters. The van der Waals surface area contributed by atoms with Gasteiger partial charge in [-0.05, 0) is 91.0 Å². The van der Waals surface area contributed by atoms with Gasteiger partial charge in [0.1, 0.15) is 0 Å². The number of rotatable bonds is 11. The van der Waals surface area contributed by atoms with Crippen molar-refractivity contribution in [1.82, 2.24) is 0 Å². The summed E-state index contributed by atoms with van der Waals surface area (Å²) >= 11 is 0. The van der Waals surface area contributed by atoms with Crippen molar-refractivity contribution in [2.75, 3.05) is 4.90 Å². The van der Waals surface area contributed by atoms with Crippen molar-refractivity contribution in [3.8, 4) is 0 Å². The molecule has 2 aromatic carbocycles. The van der Waals surface area contributed by atoms with E-state index in [1.54, 1.807) is 0 Å². The van der Waals surface area contributed by atoms with Crippen molar-refractivity contribution in [2.45, 2.75) is 93.4 Å². The first kappa shape index (κ1) is 31.2. The average molecular weight is 486 g/mol. The smallest absolute Gasteiger partial charge is 0.0460 e. The molecule has 196 valence electrons. The first-order chi connectivity index (χ1) is 17.0. The van der Waals surface area contributed by atoms with Crippen LogP contribution in [0, 0.1) is 12.3 Å². The first-order valence-corrected chi connectivity index (χ1v) is 13.6. The monoisotopic (exact) mass is 485 g/mol. The van der Waals surface area contributed by atoms with E-state index in [1.807, 2.05) is 12.2 Å². The van der Waals surface area contributed by atoms with Crippen LogP contribution in [-0.4, -0.2) is 0 Å². The van der Waals surface area contributed by atoms with Crippen LogP contribution in [-0.2, 0) is 5.41 Å². The number of allylic oxidation sites excluding steroid dienone is 6. The fourth-order valence-electron chi connectivity index (χ4n) is 3.85. The molecule has 0 N–H and O–H groups in total. The van der Waals surface area contributed by atoms with Crippen LogP contribution in [0.5, 0.6) is 0 Å². The molecule has 0 atom stereocenters. The molecule has 36 heavy (non-hydrogen) atoms. The zero-order chi connectivity index (χ0) is 27.4. The van der Waals surface area contributed by atoms with Crippen LogP contribution < -0.4 is 4.90 Å². The molecule has 1 nitrogen and oxygen atoms in total. The van der Waals surface area contributed by atoms with Gasteiger partial charge in [0.05, 0.1) is 0 Å².